The number of benzene rings is 1. The summed E-state index contributed by atoms with van der Waals surface area (Å²) in [6.07, 6.45) is 1.39. The minimum absolute atomic E-state index is 0.373. The number of hydrazine groups is 1. The van der Waals surface area contributed by atoms with Gasteiger partial charge < -0.3 is 9.69 Å². The van der Waals surface area contributed by atoms with Crippen LogP contribution in [-0.2, 0) is 11.2 Å². The minimum atomic E-state index is -0.484. The van der Waals surface area contributed by atoms with Gasteiger partial charge in [-0.15, -0.1) is 0 Å². The first-order chi connectivity index (χ1) is 14.1. The fourth-order valence-corrected chi connectivity index (χ4v) is 4.38. The molecule has 2 heterocycles. The SMILES string of the molecule is CCc1c(C#N)c(SC(C=O)c2ccccc2)nc(N2CCN(N)CC2)c1C#N. The summed E-state index contributed by atoms with van der Waals surface area (Å²) < 4.78 is 0. The van der Waals surface area contributed by atoms with Crippen LogP contribution in [0, 0.1) is 22.7 Å². The molecular weight excluding hydrogens is 384 g/mol. The predicted octanol–water partition coefficient (Wildman–Crippen LogP) is 2.42. The number of nitrogens with zero attached hydrogens (tertiary/aromatic N) is 5. The van der Waals surface area contributed by atoms with Crippen molar-refractivity contribution < 1.29 is 4.79 Å². The molecule has 7 nitrogen and oxygen atoms in total. The fourth-order valence-electron chi connectivity index (χ4n) is 3.37. The molecular formula is C21H22N6OS. The molecule has 0 amide bonds. The molecule has 1 saturated heterocycles. The molecule has 1 aromatic heterocycles. The summed E-state index contributed by atoms with van der Waals surface area (Å²) in [5.41, 5.74) is 2.33. The number of nitriles is 2. The lowest BCUT2D eigenvalue weighted by molar-refractivity contribution is -0.107. The third-order valence-corrected chi connectivity index (χ3v) is 6.09. The average molecular weight is 407 g/mol. The molecule has 1 atom stereocenters. The zero-order chi connectivity index (χ0) is 20.8. The Hall–Kier alpha value is -2.91. The van der Waals surface area contributed by atoms with Crippen LogP contribution in [0.1, 0.15) is 34.4 Å². The second kappa shape index (κ2) is 9.53. The molecule has 0 aliphatic carbocycles. The highest BCUT2D eigenvalue weighted by Crippen LogP contribution is 2.38. The van der Waals surface area contributed by atoms with E-state index in [2.05, 4.69) is 12.1 Å². The number of aldehydes is 1. The first-order valence-electron chi connectivity index (χ1n) is 9.41. The Bertz CT molecular complexity index is 958. The summed E-state index contributed by atoms with van der Waals surface area (Å²) in [6.45, 7) is 4.54. The summed E-state index contributed by atoms with van der Waals surface area (Å²) in [5, 5.41) is 21.3. The molecule has 2 aromatic rings. The number of nitrogens with two attached hydrogens (primary N) is 1. The largest absolute Gasteiger partial charge is 0.353 e. The average Bonchev–Trinajstić information content (AvgIpc) is 2.77. The van der Waals surface area contributed by atoms with Crippen molar-refractivity contribution in [3.63, 3.8) is 0 Å². The van der Waals surface area contributed by atoms with Gasteiger partial charge in [-0.05, 0) is 17.5 Å². The lowest BCUT2D eigenvalue weighted by atomic mass is 10.0. The van der Waals surface area contributed by atoms with Crippen LogP contribution in [0.25, 0.3) is 0 Å². The Morgan fingerprint density at radius 3 is 2.38 bits per heavy atom. The maximum absolute atomic E-state index is 11.8. The normalized spacial score (nSPS) is 15.4. The van der Waals surface area contributed by atoms with E-state index >= 15 is 0 Å². The summed E-state index contributed by atoms with van der Waals surface area (Å²) in [7, 11) is 0. The van der Waals surface area contributed by atoms with Gasteiger partial charge in [-0.25, -0.2) is 9.99 Å². The standard InChI is InChI=1S/C21H22N6OS/c1-2-16-17(12-22)20(26-8-10-27(24)11-9-26)25-21(18(16)13-23)29-19(14-28)15-6-4-3-5-7-15/h3-7,14,19H,2,8-11,24H2,1H3. The Kier molecular flexibility index (Phi) is 6.84. The number of thioether (sulfide) groups is 1. The molecule has 1 aromatic carbocycles. The van der Waals surface area contributed by atoms with Crippen LogP contribution < -0.4 is 10.7 Å². The topological polar surface area (TPSA) is 110 Å². The Balaban J connectivity index is 2.08. The summed E-state index contributed by atoms with van der Waals surface area (Å²) in [6, 6.07) is 13.9. The van der Waals surface area contributed by atoms with E-state index in [-0.39, 0.29) is 0 Å². The lowest BCUT2D eigenvalue weighted by Crippen LogP contribution is -2.50. The summed E-state index contributed by atoms with van der Waals surface area (Å²) >= 11 is 1.25. The van der Waals surface area contributed by atoms with Crippen molar-refractivity contribution in [2.24, 2.45) is 5.84 Å². The van der Waals surface area contributed by atoms with E-state index in [1.807, 2.05) is 42.2 Å². The zero-order valence-electron chi connectivity index (χ0n) is 16.2. The van der Waals surface area contributed by atoms with Gasteiger partial charge >= 0.3 is 0 Å². The van der Waals surface area contributed by atoms with Crippen LogP contribution in [0.5, 0.6) is 0 Å². The third-order valence-electron chi connectivity index (χ3n) is 4.93. The van der Waals surface area contributed by atoms with Gasteiger partial charge in [0.15, 0.2) is 0 Å². The van der Waals surface area contributed by atoms with Gasteiger partial charge in [-0.2, -0.15) is 10.5 Å². The van der Waals surface area contributed by atoms with Crippen molar-refractivity contribution >= 4 is 23.9 Å². The number of anilines is 1. The number of piperazine rings is 1. The number of hydrogen-bond acceptors (Lipinski definition) is 8. The van der Waals surface area contributed by atoms with Crippen molar-refractivity contribution in [2.45, 2.75) is 23.6 Å². The smallest absolute Gasteiger partial charge is 0.148 e. The summed E-state index contributed by atoms with van der Waals surface area (Å²) in [4.78, 5) is 18.5. The van der Waals surface area contributed by atoms with Crippen LogP contribution in [0.15, 0.2) is 35.4 Å². The van der Waals surface area contributed by atoms with Crippen LogP contribution in [0.4, 0.5) is 5.82 Å². The second-order valence-corrected chi connectivity index (χ2v) is 7.78. The number of rotatable bonds is 6. The van der Waals surface area contributed by atoms with Gasteiger partial charge in [0, 0.05) is 26.2 Å². The monoisotopic (exact) mass is 406 g/mol. The molecule has 1 aliphatic rings. The van der Waals surface area contributed by atoms with Crippen LogP contribution in [0.3, 0.4) is 0 Å². The van der Waals surface area contributed by atoms with Gasteiger partial charge in [0.05, 0.1) is 16.4 Å². The van der Waals surface area contributed by atoms with Gasteiger partial charge in [0.2, 0.25) is 0 Å². The lowest BCUT2D eigenvalue weighted by Gasteiger charge is -2.34. The quantitative estimate of drug-likeness (QED) is 0.442. The van der Waals surface area contributed by atoms with E-state index in [0.29, 0.717) is 60.1 Å². The number of hydrogen-bond donors (Lipinski definition) is 1. The molecule has 0 spiro atoms. The molecule has 0 saturated carbocycles. The van der Waals surface area contributed by atoms with Crippen LogP contribution >= 0.6 is 11.8 Å². The maximum Gasteiger partial charge on any atom is 0.148 e. The van der Waals surface area contributed by atoms with Gasteiger partial charge in [0.1, 0.15) is 29.3 Å². The minimum Gasteiger partial charge on any atom is -0.353 e. The number of carbonyl (C=O) groups excluding carboxylic acids is 1. The first kappa shape index (κ1) is 20.8. The van der Waals surface area contributed by atoms with E-state index in [0.717, 1.165) is 11.8 Å². The highest BCUT2D eigenvalue weighted by atomic mass is 32.2. The fraction of sp³-hybridized carbons (Fsp3) is 0.333. The molecule has 148 valence electrons. The molecule has 1 fully saturated rings. The number of carbonyl (C=O) groups is 1. The predicted molar refractivity (Wildman–Crippen MR) is 112 cm³/mol. The van der Waals surface area contributed by atoms with E-state index in [4.69, 9.17) is 10.8 Å². The van der Waals surface area contributed by atoms with Gasteiger partial charge in [-0.1, -0.05) is 49.0 Å². The molecule has 29 heavy (non-hydrogen) atoms. The number of aromatic nitrogens is 1. The van der Waals surface area contributed by atoms with E-state index in [1.54, 1.807) is 5.01 Å². The molecule has 1 unspecified atom stereocenters. The summed E-state index contributed by atoms with van der Waals surface area (Å²) in [5.74, 6) is 6.43. The Morgan fingerprint density at radius 2 is 1.83 bits per heavy atom. The maximum atomic E-state index is 11.8. The van der Waals surface area contributed by atoms with Crippen molar-refractivity contribution in [1.29, 1.82) is 10.5 Å². The van der Waals surface area contributed by atoms with E-state index in [1.165, 1.54) is 11.8 Å². The van der Waals surface area contributed by atoms with Crippen molar-refractivity contribution in [3.8, 4) is 12.1 Å². The van der Waals surface area contributed by atoms with E-state index in [9.17, 15) is 15.3 Å². The molecule has 2 N–H and O–H groups in total. The third kappa shape index (κ3) is 4.41. The van der Waals surface area contributed by atoms with Gasteiger partial charge in [-0.3, -0.25) is 5.84 Å². The zero-order valence-corrected chi connectivity index (χ0v) is 17.0. The molecule has 0 radical (unpaired) electrons. The molecule has 0 bridgehead atoms. The Morgan fingerprint density at radius 1 is 1.17 bits per heavy atom. The first-order valence-corrected chi connectivity index (χ1v) is 10.3. The highest BCUT2D eigenvalue weighted by molar-refractivity contribution is 8.00. The molecule has 1 aliphatic heterocycles. The van der Waals surface area contributed by atoms with Crippen molar-refractivity contribution in [2.75, 3.05) is 31.1 Å². The molecule has 3 rings (SSSR count). The number of pyridine rings is 1. The van der Waals surface area contributed by atoms with Crippen LogP contribution in [0.2, 0.25) is 0 Å². The van der Waals surface area contributed by atoms with Crippen molar-refractivity contribution in [1.82, 2.24) is 9.99 Å². The van der Waals surface area contributed by atoms with Crippen LogP contribution in [-0.4, -0.2) is 42.5 Å². The van der Waals surface area contributed by atoms with E-state index < -0.39 is 5.25 Å². The molecule has 8 heteroatoms. The van der Waals surface area contributed by atoms with Crippen molar-refractivity contribution in [3.05, 3.63) is 52.6 Å². The van der Waals surface area contributed by atoms with Gasteiger partial charge in [0.25, 0.3) is 0 Å². The second-order valence-electron chi connectivity index (χ2n) is 6.65. The Labute approximate surface area is 174 Å². The highest BCUT2D eigenvalue weighted by Gasteiger charge is 2.26.